The van der Waals surface area contributed by atoms with Gasteiger partial charge in [-0.15, -0.1) is 0 Å². The zero-order valence-electron chi connectivity index (χ0n) is 16.6. The summed E-state index contributed by atoms with van der Waals surface area (Å²) >= 11 is 2.00. The number of hydrogen-bond acceptors (Lipinski definition) is 3. The molecule has 0 saturated heterocycles. The van der Waals surface area contributed by atoms with E-state index in [0.717, 1.165) is 25.7 Å². The maximum Gasteiger partial charge on any atom is 0.303 e. The van der Waals surface area contributed by atoms with Crippen LogP contribution < -0.4 is 0 Å². The molecule has 0 aromatic carbocycles. The van der Waals surface area contributed by atoms with E-state index in [1.807, 2.05) is 39.5 Å². The van der Waals surface area contributed by atoms with Crippen LogP contribution >= 0.6 is 11.8 Å². The molecule has 0 amide bonds. The van der Waals surface area contributed by atoms with Gasteiger partial charge in [0, 0.05) is 0 Å². The zero-order chi connectivity index (χ0) is 19.3. The van der Waals surface area contributed by atoms with Crippen molar-refractivity contribution < 1.29 is 19.8 Å². The lowest BCUT2D eigenvalue weighted by molar-refractivity contribution is -0.140. The van der Waals surface area contributed by atoms with Gasteiger partial charge in [0.15, 0.2) is 0 Å². The average molecular weight is 375 g/mol. The summed E-state index contributed by atoms with van der Waals surface area (Å²) in [5, 5.41) is 17.7. The molecule has 2 N–H and O–H groups in total. The summed E-state index contributed by atoms with van der Waals surface area (Å²) in [5.41, 5.74) is -0.180. The Morgan fingerprint density at radius 3 is 1.36 bits per heavy atom. The topological polar surface area (TPSA) is 74.6 Å². The molecule has 0 spiro atoms. The Morgan fingerprint density at radius 1 is 0.680 bits per heavy atom. The molecular weight excluding hydrogens is 336 g/mol. The number of aliphatic carboxylic acids is 2. The predicted octanol–water partition coefficient (Wildman–Crippen LogP) is 5.84. The fourth-order valence-electron chi connectivity index (χ4n) is 3.07. The lowest BCUT2D eigenvalue weighted by Crippen LogP contribution is -2.16. The van der Waals surface area contributed by atoms with Crippen LogP contribution in [0.4, 0.5) is 0 Å². The number of carbonyl (C=O) groups is 2. The maximum absolute atomic E-state index is 10.8. The predicted molar refractivity (Wildman–Crippen MR) is 106 cm³/mol. The molecule has 0 bridgehead atoms. The highest BCUT2D eigenvalue weighted by atomic mass is 32.2. The van der Waals surface area contributed by atoms with E-state index in [4.69, 9.17) is 10.2 Å². The molecule has 0 aliphatic carbocycles. The number of carboxylic acid groups (broad SMARTS) is 2. The Bertz CT molecular complexity index is 355. The van der Waals surface area contributed by atoms with E-state index in [1.165, 1.54) is 37.2 Å². The van der Waals surface area contributed by atoms with Crippen molar-refractivity contribution in [2.75, 3.05) is 11.5 Å². The van der Waals surface area contributed by atoms with Gasteiger partial charge in [-0.05, 0) is 48.0 Å². The van der Waals surface area contributed by atoms with Gasteiger partial charge >= 0.3 is 11.9 Å². The second-order valence-electron chi connectivity index (χ2n) is 8.70. The van der Waals surface area contributed by atoms with Gasteiger partial charge in [0.1, 0.15) is 0 Å². The summed E-state index contributed by atoms with van der Waals surface area (Å²) in [6, 6.07) is 0. The zero-order valence-corrected chi connectivity index (χ0v) is 17.4. The molecule has 5 heteroatoms. The molecule has 0 aromatic heterocycles. The lowest BCUT2D eigenvalue weighted by atomic mass is 9.84. The highest BCUT2D eigenvalue weighted by Crippen LogP contribution is 2.29. The number of unbranched alkanes of at least 4 members (excludes halogenated alkanes) is 4. The number of rotatable bonds is 16. The third-order valence-corrected chi connectivity index (χ3v) is 5.70. The average Bonchev–Trinajstić information content (AvgIpc) is 2.41. The van der Waals surface area contributed by atoms with Gasteiger partial charge in [-0.1, -0.05) is 53.4 Å². The Morgan fingerprint density at radius 2 is 1.04 bits per heavy atom. The number of thioether (sulfide) groups is 1. The van der Waals surface area contributed by atoms with Crippen LogP contribution in [0.2, 0.25) is 0 Å². The van der Waals surface area contributed by atoms with E-state index in [2.05, 4.69) is 0 Å². The minimum absolute atomic E-state index is 0.0899. The maximum atomic E-state index is 10.8. The van der Waals surface area contributed by atoms with Gasteiger partial charge in [0.25, 0.3) is 0 Å². The van der Waals surface area contributed by atoms with Gasteiger partial charge in [0.05, 0.1) is 12.8 Å². The fourth-order valence-corrected chi connectivity index (χ4v) is 4.09. The molecular formula is C20H38O4S. The largest absolute Gasteiger partial charge is 0.481 e. The van der Waals surface area contributed by atoms with Crippen LogP contribution in [-0.4, -0.2) is 33.7 Å². The van der Waals surface area contributed by atoms with E-state index in [1.54, 1.807) is 0 Å². The van der Waals surface area contributed by atoms with Crippen molar-refractivity contribution in [3.05, 3.63) is 0 Å². The summed E-state index contributed by atoms with van der Waals surface area (Å²) in [7, 11) is 0. The molecule has 148 valence electrons. The summed E-state index contributed by atoms with van der Waals surface area (Å²) < 4.78 is 0. The molecule has 0 atom stereocenters. The first-order valence-corrected chi connectivity index (χ1v) is 10.7. The van der Waals surface area contributed by atoms with E-state index in [0.29, 0.717) is 0 Å². The minimum Gasteiger partial charge on any atom is -0.481 e. The van der Waals surface area contributed by atoms with Crippen molar-refractivity contribution in [3.8, 4) is 0 Å². The van der Waals surface area contributed by atoms with E-state index in [-0.39, 0.29) is 23.7 Å². The molecule has 25 heavy (non-hydrogen) atoms. The minimum atomic E-state index is -0.702. The summed E-state index contributed by atoms with van der Waals surface area (Å²) in [5.74, 6) is 0.965. The highest BCUT2D eigenvalue weighted by molar-refractivity contribution is 7.99. The lowest BCUT2D eigenvalue weighted by Gasteiger charge is -2.22. The molecule has 4 nitrogen and oxygen atoms in total. The third kappa shape index (κ3) is 16.5. The van der Waals surface area contributed by atoms with Gasteiger partial charge in [-0.3, -0.25) is 9.59 Å². The van der Waals surface area contributed by atoms with Gasteiger partial charge < -0.3 is 10.2 Å². The Balaban J connectivity index is 3.45. The van der Waals surface area contributed by atoms with Crippen LogP contribution in [0.1, 0.15) is 91.9 Å². The number of hydrogen-bond donors (Lipinski definition) is 2. The first-order chi connectivity index (χ1) is 11.5. The SMILES string of the molecule is CC(C)(CCCCCSCCCCCC(C)(C)CC(=O)O)CC(=O)O. The Labute approximate surface area is 158 Å². The van der Waals surface area contributed by atoms with Gasteiger partial charge in [-0.25, -0.2) is 0 Å². The molecule has 0 radical (unpaired) electrons. The third-order valence-electron chi connectivity index (χ3n) is 4.54. The van der Waals surface area contributed by atoms with Crippen molar-refractivity contribution >= 4 is 23.7 Å². The molecule has 0 aliphatic rings. The highest BCUT2D eigenvalue weighted by Gasteiger charge is 2.21. The van der Waals surface area contributed by atoms with Gasteiger partial charge in [0.2, 0.25) is 0 Å². The standard InChI is InChI=1S/C20H38O4S/c1-19(2,15-17(21)22)11-7-5-9-13-25-14-10-6-8-12-20(3,4)16-18(23)24/h5-16H2,1-4H3,(H,21,22)(H,23,24). The first-order valence-electron chi connectivity index (χ1n) is 9.55. The van der Waals surface area contributed by atoms with Crippen LogP contribution in [0.3, 0.4) is 0 Å². The van der Waals surface area contributed by atoms with E-state index >= 15 is 0 Å². The van der Waals surface area contributed by atoms with Crippen LogP contribution in [0.15, 0.2) is 0 Å². The quantitative estimate of drug-likeness (QED) is 0.332. The smallest absolute Gasteiger partial charge is 0.303 e. The molecule has 0 fully saturated rings. The van der Waals surface area contributed by atoms with Crippen molar-refractivity contribution in [2.45, 2.75) is 91.9 Å². The van der Waals surface area contributed by atoms with Crippen LogP contribution in [0.25, 0.3) is 0 Å². The Kier molecular flexibility index (Phi) is 12.3. The number of carboxylic acids is 2. The van der Waals surface area contributed by atoms with E-state index < -0.39 is 11.9 Å². The second-order valence-corrected chi connectivity index (χ2v) is 9.93. The molecule has 0 saturated carbocycles. The van der Waals surface area contributed by atoms with Crippen LogP contribution in [0, 0.1) is 10.8 Å². The molecule has 0 heterocycles. The molecule has 0 rings (SSSR count). The molecule has 0 aliphatic heterocycles. The van der Waals surface area contributed by atoms with Crippen molar-refractivity contribution in [1.82, 2.24) is 0 Å². The summed E-state index contributed by atoms with van der Waals surface area (Å²) in [6.45, 7) is 8.14. The Hall–Kier alpha value is -0.710. The second kappa shape index (κ2) is 12.6. The van der Waals surface area contributed by atoms with Gasteiger partial charge in [-0.2, -0.15) is 11.8 Å². The van der Waals surface area contributed by atoms with Crippen LogP contribution in [0.5, 0.6) is 0 Å². The van der Waals surface area contributed by atoms with Crippen molar-refractivity contribution in [3.63, 3.8) is 0 Å². The fraction of sp³-hybridized carbons (Fsp3) is 0.900. The van der Waals surface area contributed by atoms with Crippen molar-refractivity contribution in [1.29, 1.82) is 0 Å². The molecule has 0 aromatic rings. The first kappa shape index (κ1) is 24.3. The summed E-state index contributed by atoms with van der Waals surface area (Å²) in [6.07, 6.45) is 9.47. The monoisotopic (exact) mass is 374 g/mol. The van der Waals surface area contributed by atoms with Crippen molar-refractivity contribution in [2.24, 2.45) is 10.8 Å². The van der Waals surface area contributed by atoms with E-state index in [9.17, 15) is 9.59 Å². The summed E-state index contributed by atoms with van der Waals surface area (Å²) in [4.78, 5) is 21.5. The molecule has 0 unspecified atom stereocenters. The normalized spacial score (nSPS) is 12.3. The van der Waals surface area contributed by atoms with Crippen LogP contribution in [-0.2, 0) is 9.59 Å².